The molecule has 0 unspecified atom stereocenters. The first-order valence-electron chi connectivity index (χ1n) is 10.9. The average molecular weight is 520 g/mol. The molecule has 2 amide bonds. The molecule has 0 bridgehead atoms. The number of hydrogen-bond acceptors (Lipinski definition) is 4. The molecule has 0 saturated carbocycles. The van der Waals surface area contributed by atoms with Crippen LogP contribution in [0.1, 0.15) is 16.7 Å². The molecular formula is C28H19Cl2NO3S. The second-order valence-electron chi connectivity index (χ2n) is 7.97. The molecule has 4 aromatic carbocycles. The number of hydrogen-bond donors (Lipinski definition) is 0. The minimum absolute atomic E-state index is 0.0225. The van der Waals surface area contributed by atoms with Gasteiger partial charge in [0.1, 0.15) is 12.4 Å². The molecule has 174 valence electrons. The maximum atomic E-state index is 13.0. The lowest BCUT2D eigenvalue weighted by atomic mass is 10.1. The van der Waals surface area contributed by atoms with Gasteiger partial charge in [0.2, 0.25) is 0 Å². The zero-order valence-electron chi connectivity index (χ0n) is 18.4. The second kappa shape index (κ2) is 10.2. The molecule has 0 aliphatic carbocycles. The van der Waals surface area contributed by atoms with Crippen molar-refractivity contribution in [1.29, 1.82) is 0 Å². The predicted molar refractivity (Wildman–Crippen MR) is 143 cm³/mol. The van der Waals surface area contributed by atoms with Crippen molar-refractivity contribution < 1.29 is 14.3 Å². The summed E-state index contributed by atoms with van der Waals surface area (Å²) in [4.78, 5) is 27.0. The van der Waals surface area contributed by atoms with Gasteiger partial charge in [-0.05, 0) is 64.0 Å². The van der Waals surface area contributed by atoms with E-state index in [1.54, 1.807) is 24.3 Å². The van der Waals surface area contributed by atoms with Crippen LogP contribution in [0, 0.1) is 0 Å². The molecule has 0 aromatic heterocycles. The van der Waals surface area contributed by atoms with Crippen molar-refractivity contribution >= 4 is 63.0 Å². The van der Waals surface area contributed by atoms with Gasteiger partial charge in [0.15, 0.2) is 0 Å². The molecule has 1 aliphatic heterocycles. The number of rotatable bonds is 6. The fourth-order valence-corrected chi connectivity index (χ4v) is 5.26. The Hall–Kier alpha value is -3.25. The quantitative estimate of drug-likeness (QED) is 0.242. The SMILES string of the molecule is O=C1SC(=Cc2cccc(OCc3cccc4ccccc34)c2)C(=O)N1Cc1c(Cl)cccc1Cl. The van der Waals surface area contributed by atoms with E-state index in [9.17, 15) is 9.59 Å². The van der Waals surface area contributed by atoms with E-state index in [1.807, 2.05) is 48.5 Å². The van der Waals surface area contributed by atoms with Crippen molar-refractivity contribution in [2.75, 3.05) is 0 Å². The van der Waals surface area contributed by atoms with E-state index in [1.165, 1.54) is 0 Å². The molecule has 5 rings (SSSR count). The standard InChI is InChI=1S/C28H19Cl2NO3S/c29-24-12-5-13-25(30)23(24)16-31-27(32)26(35-28(31)33)15-18-6-3-10-21(14-18)34-17-20-9-4-8-19-7-1-2-11-22(19)20/h1-15H,16-17H2. The minimum atomic E-state index is -0.377. The Morgan fingerprint density at radius 2 is 1.57 bits per heavy atom. The molecule has 0 atom stereocenters. The summed E-state index contributed by atoms with van der Waals surface area (Å²) in [5.74, 6) is 0.298. The monoisotopic (exact) mass is 519 g/mol. The third kappa shape index (κ3) is 5.08. The zero-order chi connectivity index (χ0) is 24.4. The van der Waals surface area contributed by atoms with Crippen molar-refractivity contribution in [2.45, 2.75) is 13.2 Å². The Labute approximate surface area is 217 Å². The minimum Gasteiger partial charge on any atom is -0.489 e. The van der Waals surface area contributed by atoms with Crippen LogP contribution in [0.4, 0.5) is 4.79 Å². The zero-order valence-corrected chi connectivity index (χ0v) is 20.7. The van der Waals surface area contributed by atoms with Crippen molar-refractivity contribution in [3.05, 3.63) is 117 Å². The number of carbonyl (C=O) groups excluding carboxylic acids is 2. The summed E-state index contributed by atoms with van der Waals surface area (Å²) in [5.41, 5.74) is 2.40. The van der Waals surface area contributed by atoms with Gasteiger partial charge in [-0.25, -0.2) is 0 Å². The highest BCUT2D eigenvalue weighted by Gasteiger charge is 2.35. The molecule has 35 heavy (non-hydrogen) atoms. The van der Waals surface area contributed by atoms with Crippen LogP contribution in [0.3, 0.4) is 0 Å². The van der Waals surface area contributed by atoms with Crippen LogP contribution in [0.5, 0.6) is 5.75 Å². The van der Waals surface area contributed by atoms with E-state index in [4.69, 9.17) is 27.9 Å². The Morgan fingerprint density at radius 1 is 0.857 bits per heavy atom. The third-order valence-corrected chi connectivity index (χ3v) is 7.30. The van der Waals surface area contributed by atoms with Crippen LogP contribution in [-0.2, 0) is 17.9 Å². The third-order valence-electron chi connectivity index (χ3n) is 5.68. The van der Waals surface area contributed by atoms with Gasteiger partial charge in [0.05, 0.1) is 11.4 Å². The number of benzene rings is 4. The van der Waals surface area contributed by atoms with Gasteiger partial charge in [-0.1, -0.05) is 83.9 Å². The lowest BCUT2D eigenvalue weighted by molar-refractivity contribution is -0.123. The maximum absolute atomic E-state index is 13.0. The van der Waals surface area contributed by atoms with Crippen LogP contribution >= 0.6 is 35.0 Å². The fraction of sp³-hybridized carbons (Fsp3) is 0.0714. The number of halogens is 2. The van der Waals surface area contributed by atoms with Crippen molar-refractivity contribution in [1.82, 2.24) is 4.90 Å². The maximum Gasteiger partial charge on any atom is 0.293 e. The molecule has 7 heteroatoms. The molecule has 0 N–H and O–H groups in total. The average Bonchev–Trinajstić information content (AvgIpc) is 3.12. The summed E-state index contributed by atoms with van der Waals surface area (Å²) in [6.45, 7) is 0.439. The highest BCUT2D eigenvalue weighted by molar-refractivity contribution is 8.18. The van der Waals surface area contributed by atoms with E-state index in [-0.39, 0.29) is 17.7 Å². The summed E-state index contributed by atoms with van der Waals surface area (Å²) >= 11 is 13.3. The Balaban J connectivity index is 1.32. The Morgan fingerprint density at radius 3 is 2.40 bits per heavy atom. The topological polar surface area (TPSA) is 46.6 Å². The number of thioether (sulfide) groups is 1. The molecule has 4 nitrogen and oxygen atoms in total. The van der Waals surface area contributed by atoms with Gasteiger partial charge in [0.25, 0.3) is 11.1 Å². The van der Waals surface area contributed by atoms with Gasteiger partial charge in [-0.15, -0.1) is 0 Å². The Bertz CT molecular complexity index is 1460. The lowest BCUT2D eigenvalue weighted by Crippen LogP contribution is -2.27. The van der Waals surface area contributed by atoms with Crippen LogP contribution in [0.25, 0.3) is 16.8 Å². The first-order chi connectivity index (χ1) is 17.0. The fourth-order valence-electron chi connectivity index (χ4n) is 3.90. The summed E-state index contributed by atoms with van der Waals surface area (Å²) in [5, 5.41) is 2.78. The summed E-state index contributed by atoms with van der Waals surface area (Å²) in [6.07, 6.45) is 1.70. The van der Waals surface area contributed by atoms with Crippen LogP contribution in [0.2, 0.25) is 10.0 Å². The first kappa shape index (κ1) is 23.5. The molecule has 0 radical (unpaired) electrons. The van der Waals surface area contributed by atoms with Crippen molar-refractivity contribution in [3.63, 3.8) is 0 Å². The summed E-state index contributed by atoms with van der Waals surface area (Å²) < 4.78 is 6.05. The van der Waals surface area contributed by atoms with Gasteiger partial charge in [-0.2, -0.15) is 0 Å². The second-order valence-corrected chi connectivity index (χ2v) is 9.78. The van der Waals surface area contributed by atoms with E-state index >= 15 is 0 Å². The number of amides is 2. The molecule has 1 fully saturated rings. The summed E-state index contributed by atoms with van der Waals surface area (Å²) in [6, 6.07) is 26.9. The largest absolute Gasteiger partial charge is 0.489 e. The molecule has 1 saturated heterocycles. The van der Waals surface area contributed by atoms with Gasteiger partial charge < -0.3 is 4.74 Å². The highest BCUT2D eigenvalue weighted by atomic mass is 35.5. The molecular weight excluding hydrogens is 501 g/mol. The lowest BCUT2D eigenvalue weighted by Gasteiger charge is -2.14. The van der Waals surface area contributed by atoms with Gasteiger partial charge in [0, 0.05) is 15.6 Å². The number of imide groups is 1. The highest BCUT2D eigenvalue weighted by Crippen LogP contribution is 2.36. The summed E-state index contributed by atoms with van der Waals surface area (Å²) in [7, 11) is 0. The number of ether oxygens (including phenoxy) is 1. The van der Waals surface area contributed by atoms with Crippen molar-refractivity contribution in [2.24, 2.45) is 0 Å². The van der Waals surface area contributed by atoms with Crippen LogP contribution in [0.15, 0.2) is 89.8 Å². The van der Waals surface area contributed by atoms with Crippen LogP contribution < -0.4 is 4.74 Å². The molecule has 4 aromatic rings. The number of fused-ring (bicyclic) bond motifs is 1. The number of carbonyl (C=O) groups is 2. The van der Waals surface area contributed by atoms with E-state index in [2.05, 4.69) is 18.2 Å². The normalized spacial score (nSPS) is 14.8. The first-order valence-corrected chi connectivity index (χ1v) is 12.4. The predicted octanol–water partition coefficient (Wildman–Crippen LogP) is 7.96. The molecule has 0 spiro atoms. The smallest absolute Gasteiger partial charge is 0.293 e. The van der Waals surface area contributed by atoms with E-state index in [0.717, 1.165) is 38.6 Å². The van der Waals surface area contributed by atoms with Crippen LogP contribution in [-0.4, -0.2) is 16.0 Å². The van der Waals surface area contributed by atoms with E-state index in [0.29, 0.717) is 32.9 Å². The van der Waals surface area contributed by atoms with E-state index < -0.39 is 0 Å². The van der Waals surface area contributed by atoms with Gasteiger partial charge >= 0.3 is 0 Å². The van der Waals surface area contributed by atoms with Gasteiger partial charge in [-0.3, -0.25) is 14.5 Å². The molecule has 1 heterocycles. The molecule has 1 aliphatic rings. The Kier molecular flexibility index (Phi) is 6.82. The van der Waals surface area contributed by atoms with Crippen molar-refractivity contribution in [3.8, 4) is 5.75 Å². The number of nitrogens with zero attached hydrogens (tertiary/aromatic N) is 1.